The summed E-state index contributed by atoms with van der Waals surface area (Å²) in [5, 5.41) is 17.2. The van der Waals surface area contributed by atoms with Gasteiger partial charge in [-0.3, -0.25) is 19.7 Å². The third-order valence-electron chi connectivity index (χ3n) is 3.85. The minimum absolute atomic E-state index is 0.00406. The number of hydrogen-bond donors (Lipinski definition) is 2. The fourth-order valence-electron chi connectivity index (χ4n) is 2.30. The van der Waals surface area contributed by atoms with Crippen LogP contribution in [0, 0.1) is 10.1 Å². The van der Waals surface area contributed by atoms with E-state index in [0.717, 1.165) is 5.56 Å². The number of amides is 2. The summed E-state index contributed by atoms with van der Waals surface area (Å²) in [6.45, 7) is 1.52. The Hall–Kier alpha value is -3.46. The molecule has 10 heteroatoms. The van der Waals surface area contributed by atoms with Crippen molar-refractivity contribution in [3.63, 3.8) is 0 Å². The Bertz CT molecular complexity index is 931. The lowest BCUT2D eigenvalue weighted by Crippen LogP contribution is -2.43. The van der Waals surface area contributed by atoms with Gasteiger partial charge in [0.1, 0.15) is 16.8 Å². The van der Waals surface area contributed by atoms with E-state index >= 15 is 0 Å². The number of carbonyl (C=O) groups is 2. The summed E-state index contributed by atoms with van der Waals surface area (Å²) in [5.74, 6) is -0.172. The topological polar surface area (TPSA) is 123 Å². The van der Waals surface area contributed by atoms with Crippen molar-refractivity contribution in [2.75, 3.05) is 7.11 Å². The van der Waals surface area contributed by atoms with Crippen LogP contribution in [0.25, 0.3) is 0 Å². The third-order valence-corrected chi connectivity index (χ3v) is 4.17. The molecule has 152 valence electrons. The first-order valence-electron chi connectivity index (χ1n) is 8.49. The minimum Gasteiger partial charge on any atom is -0.497 e. The van der Waals surface area contributed by atoms with E-state index in [9.17, 15) is 19.7 Å². The lowest BCUT2D eigenvalue weighted by atomic mass is 10.1. The van der Waals surface area contributed by atoms with Crippen LogP contribution in [0.1, 0.15) is 18.1 Å². The van der Waals surface area contributed by atoms with Gasteiger partial charge in [-0.25, -0.2) is 5.43 Å². The highest BCUT2D eigenvalue weighted by atomic mass is 35.5. The highest BCUT2D eigenvalue weighted by molar-refractivity contribution is 6.32. The standard InChI is InChI=1S/C19H19ClN4O5/c1-12(22-18(25)10-13-3-6-15(29-2)7-4-13)19(26)23-21-11-14-5-8-16(20)17(9-14)24(27)28/h3-9,11-12H,10H2,1-2H3,(H,22,25)(H,23,26). The van der Waals surface area contributed by atoms with Crippen LogP contribution in [0.5, 0.6) is 5.75 Å². The van der Waals surface area contributed by atoms with Gasteiger partial charge in [0.25, 0.3) is 11.6 Å². The maximum Gasteiger partial charge on any atom is 0.288 e. The third kappa shape index (κ3) is 6.58. The van der Waals surface area contributed by atoms with Crippen LogP contribution >= 0.6 is 11.6 Å². The number of nitrogens with one attached hydrogen (secondary N) is 2. The molecule has 1 unspecified atom stereocenters. The van der Waals surface area contributed by atoms with Crippen molar-refractivity contribution in [3.05, 3.63) is 68.7 Å². The van der Waals surface area contributed by atoms with Crippen molar-refractivity contribution in [1.29, 1.82) is 0 Å². The van der Waals surface area contributed by atoms with E-state index in [1.165, 1.54) is 31.3 Å². The van der Waals surface area contributed by atoms with E-state index in [4.69, 9.17) is 16.3 Å². The molecule has 0 bridgehead atoms. The highest BCUT2D eigenvalue weighted by Gasteiger charge is 2.15. The predicted molar refractivity (Wildman–Crippen MR) is 108 cm³/mol. The number of hydrazone groups is 1. The van der Waals surface area contributed by atoms with E-state index in [1.807, 2.05) is 0 Å². The van der Waals surface area contributed by atoms with Gasteiger partial charge in [0.05, 0.1) is 24.7 Å². The van der Waals surface area contributed by atoms with Crippen LogP contribution in [0.2, 0.25) is 5.02 Å². The average Bonchev–Trinajstić information content (AvgIpc) is 2.69. The van der Waals surface area contributed by atoms with Gasteiger partial charge < -0.3 is 10.1 Å². The Labute approximate surface area is 171 Å². The average molecular weight is 419 g/mol. The van der Waals surface area contributed by atoms with Gasteiger partial charge in [-0.2, -0.15) is 5.10 Å². The van der Waals surface area contributed by atoms with Gasteiger partial charge in [-0.1, -0.05) is 29.8 Å². The Morgan fingerprint density at radius 3 is 2.59 bits per heavy atom. The number of hydrogen-bond acceptors (Lipinski definition) is 6. The number of methoxy groups -OCH3 is 1. The number of nitro benzene ring substituents is 1. The van der Waals surface area contributed by atoms with Gasteiger partial charge >= 0.3 is 0 Å². The molecule has 0 aromatic heterocycles. The Morgan fingerprint density at radius 1 is 1.28 bits per heavy atom. The van der Waals surface area contributed by atoms with E-state index in [0.29, 0.717) is 11.3 Å². The number of ether oxygens (including phenoxy) is 1. The molecule has 0 fully saturated rings. The van der Waals surface area contributed by atoms with Crippen molar-refractivity contribution < 1.29 is 19.2 Å². The van der Waals surface area contributed by atoms with E-state index in [1.54, 1.807) is 31.4 Å². The Kier molecular flexibility index (Phi) is 7.67. The number of halogens is 1. The quantitative estimate of drug-likeness (QED) is 0.387. The molecule has 0 saturated heterocycles. The number of nitrogens with zero attached hydrogens (tertiary/aromatic N) is 2. The summed E-state index contributed by atoms with van der Waals surface area (Å²) >= 11 is 5.74. The maximum absolute atomic E-state index is 12.1. The predicted octanol–water partition coefficient (Wildman–Crippen LogP) is 2.45. The molecule has 0 aliphatic heterocycles. The number of nitro groups is 1. The van der Waals surface area contributed by atoms with Crippen LogP contribution in [0.15, 0.2) is 47.6 Å². The highest BCUT2D eigenvalue weighted by Crippen LogP contribution is 2.24. The second kappa shape index (κ2) is 10.2. The number of benzene rings is 2. The lowest BCUT2D eigenvalue weighted by molar-refractivity contribution is -0.384. The van der Waals surface area contributed by atoms with Crippen LogP contribution in [-0.4, -0.2) is 36.1 Å². The number of rotatable bonds is 8. The zero-order chi connectivity index (χ0) is 21.4. The van der Waals surface area contributed by atoms with Gasteiger partial charge in [-0.15, -0.1) is 0 Å². The van der Waals surface area contributed by atoms with Crippen molar-refractivity contribution >= 4 is 35.3 Å². The molecule has 2 N–H and O–H groups in total. The Balaban J connectivity index is 1.86. The zero-order valence-electron chi connectivity index (χ0n) is 15.7. The molecule has 0 aliphatic rings. The lowest BCUT2D eigenvalue weighted by Gasteiger charge is -2.12. The van der Waals surface area contributed by atoms with Gasteiger partial charge in [0, 0.05) is 11.6 Å². The van der Waals surface area contributed by atoms with Crippen LogP contribution in [0.3, 0.4) is 0 Å². The molecule has 0 saturated carbocycles. The summed E-state index contributed by atoms with van der Waals surface area (Å²) in [7, 11) is 1.55. The van der Waals surface area contributed by atoms with Gasteiger partial charge in [0.2, 0.25) is 5.91 Å². The molecule has 2 amide bonds. The molecule has 1 atom stereocenters. The molecule has 29 heavy (non-hydrogen) atoms. The summed E-state index contributed by atoms with van der Waals surface area (Å²) in [6.07, 6.45) is 1.35. The van der Waals surface area contributed by atoms with Crippen LogP contribution < -0.4 is 15.5 Å². The Morgan fingerprint density at radius 2 is 1.97 bits per heavy atom. The molecule has 0 heterocycles. The molecular weight excluding hydrogens is 400 g/mol. The van der Waals surface area contributed by atoms with Crippen LogP contribution in [0.4, 0.5) is 5.69 Å². The van der Waals surface area contributed by atoms with E-state index in [2.05, 4.69) is 15.8 Å². The summed E-state index contributed by atoms with van der Waals surface area (Å²) < 4.78 is 5.06. The van der Waals surface area contributed by atoms with Gasteiger partial charge in [0.15, 0.2) is 0 Å². The maximum atomic E-state index is 12.1. The normalized spacial score (nSPS) is 11.7. The molecule has 0 aliphatic carbocycles. The molecule has 0 radical (unpaired) electrons. The smallest absolute Gasteiger partial charge is 0.288 e. The molecule has 2 aromatic rings. The SMILES string of the molecule is COc1ccc(CC(=O)NC(C)C(=O)NN=Cc2ccc(Cl)c([N+](=O)[O-])c2)cc1. The van der Waals surface area contributed by atoms with Crippen LogP contribution in [-0.2, 0) is 16.0 Å². The second-order valence-electron chi connectivity index (χ2n) is 6.02. The molecule has 2 rings (SSSR count). The molecule has 2 aromatic carbocycles. The van der Waals surface area contributed by atoms with Crippen molar-refractivity contribution in [1.82, 2.24) is 10.7 Å². The fourth-order valence-corrected chi connectivity index (χ4v) is 2.49. The fraction of sp³-hybridized carbons (Fsp3) is 0.211. The van der Waals surface area contributed by atoms with Crippen molar-refractivity contribution in [3.8, 4) is 5.75 Å². The molecule has 0 spiro atoms. The van der Waals surface area contributed by atoms with Crippen molar-refractivity contribution in [2.45, 2.75) is 19.4 Å². The minimum atomic E-state index is -0.822. The van der Waals surface area contributed by atoms with Gasteiger partial charge in [-0.05, 0) is 30.7 Å². The summed E-state index contributed by atoms with van der Waals surface area (Å²) in [5.41, 5.74) is 3.17. The monoisotopic (exact) mass is 418 g/mol. The largest absolute Gasteiger partial charge is 0.497 e. The first kappa shape index (κ1) is 21.8. The first-order chi connectivity index (χ1) is 13.8. The second-order valence-corrected chi connectivity index (χ2v) is 6.42. The van der Waals surface area contributed by atoms with E-state index in [-0.39, 0.29) is 23.0 Å². The molecular formula is C19H19ClN4O5. The van der Waals surface area contributed by atoms with E-state index < -0.39 is 16.9 Å². The zero-order valence-corrected chi connectivity index (χ0v) is 16.5. The van der Waals surface area contributed by atoms with Crippen molar-refractivity contribution in [2.24, 2.45) is 5.10 Å². The summed E-state index contributed by atoms with van der Waals surface area (Å²) in [6, 6.07) is 10.3. The molecule has 9 nitrogen and oxygen atoms in total. The number of carbonyl (C=O) groups excluding carboxylic acids is 2. The first-order valence-corrected chi connectivity index (χ1v) is 8.87. The summed E-state index contributed by atoms with van der Waals surface area (Å²) in [4.78, 5) is 34.4.